The van der Waals surface area contributed by atoms with Crippen LogP contribution in [0.1, 0.15) is 6.92 Å². The quantitative estimate of drug-likeness (QED) is 0.848. The number of anilines is 1. The van der Waals surface area contributed by atoms with E-state index in [0.717, 1.165) is 13.1 Å². The lowest BCUT2D eigenvalue weighted by atomic mass is 10.1. The van der Waals surface area contributed by atoms with Crippen LogP contribution in [0.5, 0.6) is 0 Å². The molecule has 0 atom stereocenters. The Balaban J connectivity index is 2.50. The maximum absolute atomic E-state index is 5.63. The van der Waals surface area contributed by atoms with Gasteiger partial charge in [0.15, 0.2) is 0 Å². The van der Waals surface area contributed by atoms with E-state index < -0.39 is 0 Å². The maximum Gasteiger partial charge on any atom is 0.0461 e. The highest BCUT2D eigenvalue weighted by Crippen LogP contribution is 2.25. The summed E-state index contributed by atoms with van der Waals surface area (Å²) in [4.78, 5) is 6.47. The molecule has 0 spiro atoms. The molecule has 2 rings (SSSR count). The van der Waals surface area contributed by atoms with Crippen molar-refractivity contribution in [3.05, 3.63) is 36.7 Å². The molecule has 0 saturated carbocycles. The van der Waals surface area contributed by atoms with Gasteiger partial charge in [0.05, 0.1) is 0 Å². The lowest BCUT2D eigenvalue weighted by molar-refractivity contribution is 0.820. The van der Waals surface area contributed by atoms with Gasteiger partial charge >= 0.3 is 0 Å². The van der Waals surface area contributed by atoms with Gasteiger partial charge in [-0.15, -0.1) is 0 Å². The molecule has 3 heteroatoms. The van der Waals surface area contributed by atoms with Crippen LogP contribution in [0.3, 0.4) is 0 Å². The summed E-state index contributed by atoms with van der Waals surface area (Å²) in [5, 5.41) is 2.42. The highest BCUT2D eigenvalue weighted by Gasteiger charge is 2.06. The molecule has 0 aliphatic heterocycles. The second-order valence-corrected chi connectivity index (χ2v) is 3.74. The predicted octanol–water partition coefficient (Wildman–Crippen LogP) is 2.02. The summed E-state index contributed by atoms with van der Waals surface area (Å²) in [6, 6.07) is 8.35. The van der Waals surface area contributed by atoms with Crippen molar-refractivity contribution in [1.82, 2.24) is 4.98 Å². The van der Waals surface area contributed by atoms with E-state index in [2.05, 4.69) is 35.0 Å². The molecule has 2 N–H and O–H groups in total. The molecule has 0 amide bonds. The molecule has 3 nitrogen and oxygen atoms in total. The highest BCUT2D eigenvalue weighted by atomic mass is 15.1. The monoisotopic (exact) mass is 215 g/mol. The van der Waals surface area contributed by atoms with Gasteiger partial charge in [0, 0.05) is 43.1 Å². The molecule has 2 aromatic rings. The molecule has 0 unspecified atom stereocenters. The van der Waals surface area contributed by atoms with Gasteiger partial charge in [-0.1, -0.05) is 12.1 Å². The van der Waals surface area contributed by atoms with Crippen LogP contribution in [-0.4, -0.2) is 24.6 Å². The summed E-state index contributed by atoms with van der Waals surface area (Å²) in [5.41, 5.74) is 6.85. The van der Waals surface area contributed by atoms with Crippen LogP contribution in [0.25, 0.3) is 10.8 Å². The van der Waals surface area contributed by atoms with Crippen molar-refractivity contribution in [3.63, 3.8) is 0 Å². The molecular weight excluding hydrogens is 198 g/mol. The number of hydrogen-bond donors (Lipinski definition) is 1. The average Bonchev–Trinajstić information content (AvgIpc) is 2.35. The van der Waals surface area contributed by atoms with Gasteiger partial charge in [0.25, 0.3) is 0 Å². The third kappa shape index (κ3) is 1.99. The standard InChI is InChI=1S/C13H17N3/c1-2-16(9-7-14)13-5-3-4-11-6-8-15-10-12(11)13/h3-6,8,10H,2,7,9,14H2,1H3. The highest BCUT2D eigenvalue weighted by molar-refractivity contribution is 5.93. The van der Waals surface area contributed by atoms with Gasteiger partial charge in [-0.25, -0.2) is 0 Å². The van der Waals surface area contributed by atoms with Crippen molar-refractivity contribution in [3.8, 4) is 0 Å². The second-order valence-electron chi connectivity index (χ2n) is 3.74. The summed E-state index contributed by atoms with van der Waals surface area (Å²) in [6.45, 7) is 4.66. The Morgan fingerprint density at radius 1 is 1.31 bits per heavy atom. The smallest absolute Gasteiger partial charge is 0.0461 e. The Morgan fingerprint density at radius 2 is 2.19 bits per heavy atom. The molecule has 0 radical (unpaired) electrons. The number of fused-ring (bicyclic) bond motifs is 1. The zero-order chi connectivity index (χ0) is 11.4. The lowest BCUT2D eigenvalue weighted by Gasteiger charge is -2.23. The normalized spacial score (nSPS) is 10.6. The molecule has 1 heterocycles. The lowest BCUT2D eigenvalue weighted by Crippen LogP contribution is -2.29. The van der Waals surface area contributed by atoms with E-state index in [4.69, 9.17) is 5.73 Å². The Morgan fingerprint density at radius 3 is 2.94 bits per heavy atom. The first-order valence-corrected chi connectivity index (χ1v) is 5.64. The number of nitrogens with zero attached hydrogens (tertiary/aromatic N) is 2. The average molecular weight is 215 g/mol. The van der Waals surface area contributed by atoms with Gasteiger partial charge in [-0.05, 0) is 24.4 Å². The molecular formula is C13H17N3. The predicted molar refractivity (Wildman–Crippen MR) is 68.7 cm³/mol. The molecule has 0 aliphatic carbocycles. The van der Waals surface area contributed by atoms with E-state index in [0.29, 0.717) is 6.54 Å². The third-order valence-electron chi connectivity index (χ3n) is 2.78. The van der Waals surface area contributed by atoms with Crippen molar-refractivity contribution < 1.29 is 0 Å². The molecule has 1 aromatic carbocycles. The molecule has 0 bridgehead atoms. The number of rotatable bonds is 4. The SMILES string of the molecule is CCN(CCN)c1cccc2ccncc12. The second kappa shape index (κ2) is 4.94. The van der Waals surface area contributed by atoms with Crippen LogP contribution in [0, 0.1) is 0 Å². The van der Waals surface area contributed by atoms with Gasteiger partial charge in [-0.3, -0.25) is 4.98 Å². The van der Waals surface area contributed by atoms with Gasteiger partial charge < -0.3 is 10.6 Å². The Labute approximate surface area is 95.9 Å². The molecule has 0 saturated heterocycles. The first-order chi connectivity index (χ1) is 7.86. The zero-order valence-corrected chi connectivity index (χ0v) is 9.56. The van der Waals surface area contributed by atoms with Gasteiger partial charge in [-0.2, -0.15) is 0 Å². The van der Waals surface area contributed by atoms with E-state index in [1.165, 1.54) is 16.5 Å². The van der Waals surface area contributed by atoms with Crippen LogP contribution in [0.15, 0.2) is 36.7 Å². The number of aromatic nitrogens is 1. The largest absolute Gasteiger partial charge is 0.370 e. The Bertz CT molecular complexity index is 462. The fraction of sp³-hybridized carbons (Fsp3) is 0.308. The molecule has 84 valence electrons. The van der Waals surface area contributed by atoms with Crippen LogP contribution in [-0.2, 0) is 0 Å². The van der Waals surface area contributed by atoms with E-state index in [9.17, 15) is 0 Å². The Hall–Kier alpha value is -1.61. The summed E-state index contributed by atoms with van der Waals surface area (Å²) in [6.07, 6.45) is 3.75. The van der Waals surface area contributed by atoms with E-state index in [1.54, 1.807) is 0 Å². The summed E-state index contributed by atoms with van der Waals surface area (Å²) in [7, 11) is 0. The minimum Gasteiger partial charge on any atom is -0.370 e. The van der Waals surface area contributed by atoms with Crippen LogP contribution in [0.2, 0.25) is 0 Å². The van der Waals surface area contributed by atoms with Crippen molar-refractivity contribution in [1.29, 1.82) is 0 Å². The molecule has 1 aromatic heterocycles. The van der Waals surface area contributed by atoms with Crippen molar-refractivity contribution in [2.24, 2.45) is 5.73 Å². The fourth-order valence-corrected chi connectivity index (χ4v) is 1.98. The van der Waals surface area contributed by atoms with Crippen molar-refractivity contribution in [2.45, 2.75) is 6.92 Å². The zero-order valence-electron chi connectivity index (χ0n) is 9.56. The van der Waals surface area contributed by atoms with Crippen LogP contribution in [0.4, 0.5) is 5.69 Å². The molecule has 16 heavy (non-hydrogen) atoms. The third-order valence-corrected chi connectivity index (χ3v) is 2.78. The number of nitrogens with two attached hydrogens (primary N) is 1. The van der Waals surface area contributed by atoms with Crippen molar-refractivity contribution >= 4 is 16.5 Å². The topological polar surface area (TPSA) is 42.1 Å². The first-order valence-electron chi connectivity index (χ1n) is 5.64. The Kier molecular flexibility index (Phi) is 3.37. The molecule has 0 fully saturated rings. The number of pyridine rings is 1. The number of hydrogen-bond acceptors (Lipinski definition) is 3. The fourth-order valence-electron chi connectivity index (χ4n) is 1.98. The van der Waals surface area contributed by atoms with Gasteiger partial charge in [0.2, 0.25) is 0 Å². The summed E-state index contributed by atoms with van der Waals surface area (Å²) < 4.78 is 0. The summed E-state index contributed by atoms with van der Waals surface area (Å²) >= 11 is 0. The minimum atomic E-state index is 0.671. The number of benzene rings is 1. The summed E-state index contributed by atoms with van der Waals surface area (Å²) in [5.74, 6) is 0. The van der Waals surface area contributed by atoms with E-state index >= 15 is 0 Å². The number of likely N-dealkylation sites (N-methyl/N-ethyl adjacent to an activating group) is 1. The van der Waals surface area contributed by atoms with Gasteiger partial charge in [0.1, 0.15) is 0 Å². The van der Waals surface area contributed by atoms with Crippen LogP contribution < -0.4 is 10.6 Å². The minimum absolute atomic E-state index is 0.671. The van der Waals surface area contributed by atoms with Crippen LogP contribution >= 0.6 is 0 Å². The molecule has 0 aliphatic rings. The van der Waals surface area contributed by atoms with E-state index in [-0.39, 0.29) is 0 Å². The maximum atomic E-state index is 5.63. The first kappa shape index (κ1) is 10.9. The van der Waals surface area contributed by atoms with E-state index in [1.807, 2.05) is 18.5 Å². The van der Waals surface area contributed by atoms with Crippen molar-refractivity contribution in [2.75, 3.05) is 24.5 Å².